The van der Waals surface area contributed by atoms with Gasteiger partial charge < -0.3 is 15.5 Å². The predicted molar refractivity (Wildman–Crippen MR) is 56.3 cm³/mol. The fourth-order valence-corrected chi connectivity index (χ4v) is 1.79. The summed E-state index contributed by atoms with van der Waals surface area (Å²) >= 11 is 0. The molecule has 0 aliphatic carbocycles. The summed E-state index contributed by atoms with van der Waals surface area (Å²) in [6.07, 6.45) is 6.20. The Hall–Kier alpha value is -1.03. The minimum atomic E-state index is 0.618. The molecular formula is C10H19N3O. The fraction of sp³-hybridized carbons (Fsp3) is 0.700. The largest absolute Gasteiger partial charge is 0.403 e. The first-order chi connectivity index (χ1) is 6.76. The third-order valence-electron chi connectivity index (χ3n) is 2.72. The highest BCUT2D eigenvalue weighted by molar-refractivity contribution is 5.48. The van der Waals surface area contributed by atoms with Crippen molar-refractivity contribution in [3.05, 3.63) is 12.4 Å². The standard InChI is InChI=1S/C10H19N3O/c1-12-5-2-10(3-6-12)8-13(9-14)7-4-11/h4,7,9-10H,2-3,5-6,8,11H2,1H3/b7-4-. The van der Waals surface area contributed by atoms with Gasteiger partial charge in [0.2, 0.25) is 6.41 Å². The van der Waals surface area contributed by atoms with Crippen LogP contribution in [-0.2, 0) is 4.79 Å². The van der Waals surface area contributed by atoms with Crippen molar-refractivity contribution < 1.29 is 4.79 Å². The molecule has 80 valence electrons. The van der Waals surface area contributed by atoms with Gasteiger partial charge in [-0.2, -0.15) is 0 Å². The molecular weight excluding hydrogens is 178 g/mol. The van der Waals surface area contributed by atoms with Gasteiger partial charge >= 0.3 is 0 Å². The lowest BCUT2D eigenvalue weighted by atomic mass is 9.97. The van der Waals surface area contributed by atoms with Gasteiger partial charge in [-0.25, -0.2) is 0 Å². The van der Waals surface area contributed by atoms with Crippen LogP contribution in [0.3, 0.4) is 0 Å². The summed E-state index contributed by atoms with van der Waals surface area (Å²) in [5.41, 5.74) is 5.24. The van der Waals surface area contributed by atoms with Crippen LogP contribution in [0.4, 0.5) is 0 Å². The van der Waals surface area contributed by atoms with E-state index >= 15 is 0 Å². The van der Waals surface area contributed by atoms with Crippen molar-refractivity contribution in [3.8, 4) is 0 Å². The molecule has 0 aromatic rings. The number of hydrogen-bond donors (Lipinski definition) is 1. The topological polar surface area (TPSA) is 49.6 Å². The van der Waals surface area contributed by atoms with Crippen LogP contribution < -0.4 is 5.73 Å². The minimum Gasteiger partial charge on any atom is -0.403 e. The van der Waals surface area contributed by atoms with E-state index in [2.05, 4.69) is 11.9 Å². The monoisotopic (exact) mass is 197 g/mol. The molecule has 0 aromatic heterocycles. The molecule has 1 amide bonds. The van der Waals surface area contributed by atoms with Crippen LogP contribution in [0.25, 0.3) is 0 Å². The quantitative estimate of drug-likeness (QED) is 0.656. The van der Waals surface area contributed by atoms with Gasteiger partial charge in [-0.1, -0.05) is 0 Å². The average molecular weight is 197 g/mol. The Morgan fingerprint density at radius 2 is 2.14 bits per heavy atom. The lowest BCUT2D eigenvalue weighted by Gasteiger charge is -2.30. The van der Waals surface area contributed by atoms with Crippen molar-refractivity contribution in [1.29, 1.82) is 0 Å². The lowest BCUT2D eigenvalue weighted by molar-refractivity contribution is -0.116. The van der Waals surface area contributed by atoms with Crippen LogP contribution in [-0.4, -0.2) is 42.9 Å². The van der Waals surface area contributed by atoms with E-state index in [1.54, 1.807) is 11.1 Å². The average Bonchev–Trinajstić information content (AvgIpc) is 2.20. The second-order valence-electron chi connectivity index (χ2n) is 3.89. The van der Waals surface area contributed by atoms with Crippen molar-refractivity contribution in [3.63, 3.8) is 0 Å². The summed E-state index contributed by atoms with van der Waals surface area (Å²) < 4.78 is 0. The number of rotatable bonds is 4. The minimum absolute atomic E-state index is 0.618. The molecule has 14 heavy (non-hydrogen) atoms. The Bertz CT molecular complexity index is 198. The van der Waals surface area contributed by atoms with Crippen molar-refractivity contribution in [2.24, 2.45) is 11.7 Å². The van der Waals surface area contributed by atoms with E-state index < -0.39 is 0 Å². The third kappa shape index (κ3) is 3.38. The molecule has 0 radical (unpaired) electrons. The maximum Gasteiger partial charge on any atom is 0.213 e. The van der Waals surface area contributed by atoms with Crippen molar-refractivity contribution in [2.75, 3.05) is 26.7 Å². The smallest absolute Gasteiger partial charge is 0.213 e. The number of hydrogen-bond acceptors (Lipinski definition) is 3. The zero-order valence-electron chi connectivity index (χ0n) is 8.72. The van der Waals surface area contributed by atoms with Crippen LogP contribution in [0, 0.1) is 5.92 Å². The SMILES string of the molecule is CN1CCC(CN(C=O)/C=C\N)CC1. The molecule has 4 nitrogen and oxygen atoms in total. The summed E-state index contributed by atoms with van der Waals surface area (Å²) in [7, 11) is 2.13. The molecule has 1 fully saturated rings. The summed E-state index contributed by atoms with van der Waals surface area (Å²) in [5, 5.41) is 0. The van der Waals surface area contributed by atoms with Crippen molar-refractivity contribution in [2.45, 2.75) is 12.8 Å². The Kier molecular flexibility index (Phi) is 4.46. The first-order valence-electron chi connectivity index (χ1n) is 5.04. The van der Waals surface area contributed by atoms with E-state index in [4.69, 9.17) is 5.73 Å². The normalized spacial score (nSPS) is 20.1. The lowest BCUT2D eigenvalue weighted by Crippen LogP contribution is -2.35. The van der Waals surface area contributed by atoms with Gasteiger partial charge in [0.1, 0.15) is 0 Å². The summed E-state index contributed by atoms with van der Waals surface area (Å²) in [5.74, 6) is 0.618. The Morgan fingerprint density at radius 1 is 1.50 bits per heavy atom. The second-order valence-corrected chi connectivity index (χ2v) is 3.89. The highest BCUT2D eigenvalue weighted by Crippen LogP contribution is 2.16. The number of carbonyl (C=O) groups is 1. The van der Waals surface area contributed by atoms with Gasteiger partial charge in [0, 0.05) is 18.9 Å². The summed E-state index contributed by atoms with van der Waals surface area (Å²) in [6, 6.07) is 0. The number of likely N-dealkylation sites (tertiary alicyclic amines) is 1. The van der Waals surface area contributed by atoms with E-state index in [-0.39, 0.29) is 0 Å². The third-order valence-corrected chi connectivity index (χ3v) is 2.72. The molecule has 1 aliphatic heterocycles. The number of piperidine rings is 1. The number of nitrogens with two attached hydrogens (primary N) is 1. The highest BCUT2D eigenvalue weighted by Gasteiger charge is 2.17. The maximum absolute atomic E-state index is 10.6. The number of carbonyl (C=O) groups excluding carboxylic acids is 1. The Labute approximate surface area is 85.3 Å². The number of nitrogens with zero attached hydrogens (tertiary/aromatic N) is 2. The zero-order valence-corrected chi connectivity index (χ0v) is 8.72. The molecule has 0 unspecified atom stereocenters. The van der Waals surface area contributed by atoms with Gasteiger partial charge in [-0.15, -0.1) is 0 Å². The molecule has 0 saturated carbocycles. The van der Waals surface area contributed by atoms with Crippen LogP contribution in [0.1, 0.15) is 12.8 Å². The van der Waals surface area contributed by atoms with Crippen LogP contribution >= 0.6 is 0 Å². The molecule has 1 rings (SSSR count). The van der Waals surface area contributed by atoms with Gasteiger partial charge in [0.15, 0.2) is 0 Å². The van der Waals surface area contributed by atoms with Crippen LogP contribution in [0.5, 0.6) is 0 Å². The molecule has 0 aromatic carbocycles. The van der Waals surface area contributed by atoms with Crippen LogP contribution in [0.2, 0.25) is 0 Å². The molecule has 1 heterocycles. The van der Waals surface area contributed by atoms with E-state index in [0.717, 1.165) is 26.0 Å². The first-order valence-corrected chi connectivity index (χ1v) is 5.04. The molecule has 1 saturated heterocycles. The molecule has 0 spiro atoms. The van der Waals surface area contributed by atoms with Gasteiger partial charge in [-0.05, 0) is 38.9 Å². The Morgan fingerprint density at radius 3 is 2.64 bits per heavy atom. The Balaban J connectivity index is 2.32. The molecule has 2 N–H and O–H groups in total. The summed E-state index contributed by atoms with van der Waals surface area (Å²) in [4.78, 5) is 14.6. The first kappa shape index (κ1) is 11.0. The number of amides is 1. The molecule has 0 atom stereocenters. The van der Waals surface area contributed by atoms with Crippen molar-refractivity contribution in [1.82, 2.24) is 9.80 Å². The van der Waals surface area contributed by atoms with E-state index in [0.29, 0.717) is 5.92 Å². The molecule has 4 heteroatoms. The molecule has 0 bridgehead atoms. The van der Waals surface area contributed by atoms with E-state index in [1.165, 1.54) is 19.0 Å². The van der Waals surface area contributed by atoms with Gasteiger partial charge in [0.05, 0.1) is 0 Å². The predicted octanol–water partition coefficient (Wildman–Crippen LogP) is 0.217. The molecule has 1 aliphatic rings. The van der Waals surface area contributed by atoms with Gasteiger partial charge in [0.25, 0.3) is 0 Å². The highest BCUT2D eigenvalue weighted by atomic mass is 16.1. The van der Waals surface area contributed by atoms with E-state index in [1.807, 2.05) is 0 Å². The van der Waals surface area contributed by atoms with Crippen LogP contribution in [0.15, 0.2) is 12.4 Å². The van der Waals surface area contributed by atoms with Crippen molar-refractivity contribution >= 4 is 6.41 Å². The van der Waals surface area contributed by atoms with E-state index in [9.17, 15) is 4.79 Å². The van der Waals surface area contributed by atoms with Gasteiger partial charge in [-0.3, -0.25) is 4.79 Å². The second kappa shape index (κ2) is 5.65. The fourth-order valence-electron chi connectivity index (χ4n) is 1.79. The maximum atomic E-state index is 10.6. The zero-order chi connectivity index (χ0) is 10.4. The summed E-state index contributed by atoms with van der Waals surface area (Å²) in [6.45, 7) is 3.05.